The van der Waals surface area contributed by atoms with Crippen LogP contribution in [0.1, 0.15) is 36.3 Å². The smallest absolute Gasteiger partial charge is 0.328 e. The molecule has 1 aliphatic rings. The third-order valence-corrected chi connectivity index (χ3v) is 6.39. The van der Waals surface area contributed by atoms with Crippen LogP contribution in [0.2, 0.25) is 0 Å². The summed E-state index contributed by atoms with van der Waals surface area (Å²) in [7, 11) is 0. The number of aryl methyl sites for hydroxylation is 3. The molecule has 2 N–H and O–H groups in total. The summed E-state index contributed by atoms with van der Waals surface area (Å²) in [6.45, 7) is 8.26. The summed E-state index contributed by atoms with van der Waals surface area (Å²) in [5.74, 6) is 0.643. The minimum atomic E-state index is -1.19. The Kier molecular flexibility index (Phi) is 5.09. The molecule has 9 heteroatoms. The van der Waals surface area contributed by atoms with E-state index >= 15 is 0 Å². The van der Waals surface area contributed by atoms with Gasteiger partial charge in [0.15, 0.2) is 0 Å². The summed E-state index contributed by atoms with van der Waals surface area (Å²) in [6, 6.07) is 4.64. The van der Waals surface area contributed by atoms with Crippen molar-refractivity contribution in [2.24, 2.45) is 0 Å². The van der Waals surface area contributed by atoms with Gasteiger partial charge in [-0.05, 0) is 57.4 Å². The van der Waals surface area contributed by atoms with E-state index in [2.05, 4.69) is 9.97 Å². The lowest BCUT2D eigenvalue weighted by Crippen LogP contribution is -2.55. The van der Waals surface area contributed by atoms with Crippen molar-refractivity contribution in [1.29, 1.82) is 0 Å². The van der Waals surface area contributed by atoms with E-state index in [4.69, 9.17) is 0 Å². The number of nitrogens with one attached hydrogen (secondary N) is 1. The number of benzene rings is 1. The van der Waals surface area contributed by atoms with Gasteiger partial charge in [-0.1, -0.05) is 0 Å². The van der Waals surface area contributed by atoms with Crippen molar-refractivity contribution in [3.8, 4) is 0 Å². The van der Waals surface area contributed by atoms with Gasteiger partial charge < -0.3 is 14.6 Å². The molecule has 2 atom stereocenters. The SMILES string of the molecule is Cc1cc2nc(C)n(CC(=O)N3CC[C@@](C)(O)[C@H](n4ccc(=O)[nH]c4=O)C3)c2cc1C. The second-order valence-electron chi connectivity index (χ2n) is 8.65. The highest BCUT2D eigenvalue weighted by atomic mass is 16.3. The van der Waals surface area contributed by atoms with Crippen LogP contribution in [0, 0.1) is 20.8 Å². The molecule has 1 aliphatic heterocycles. The van der Waals surface area contributed by atoms with Crippen LogP contribution in [-0.4, -0.2) is 53.7 Å². The van der Waals surface area contributed by atoms with Crippen LogP contribution in [0.15, 0.2) is 34.0 Å². The first kappa shape index (κ1) is 21.0. The van der Waals surface area contributed by atoms with E-state index in [1.807, 2.05) is 37.5 Å². The molecule has 1 fully saturated rings. The number of likely N-dealkylation sites (tertiary alicyclic amines) is 1. The first-order valence-corrected chi connectivity index (χ1v) is 10.3. The fourth-order valence-corrected chi connectivity index (χ4v) is 4.25. The number of rotatable bonds is 3. The number of piperidine rings is 1. The van der Waals surface area contributed by atoms with Crippen molar-refractivity contribution in [3.63, 3.8) is 0 Å². The van der Waals surface area contributed by atoms with Crippen molar-refractivity contribution < 1.29 is 9.90 Å². The summed E-state index contributed by atoms with van der Waals surface area (Å²) in [5.41, 5.74) is 1.75. The Labute approximate surface area is 179 Å². The molecule has 0 saturated carbocycles. The normalized spacial score (nSPS) is 21.6. The van der Waals surface area contributed by atoms with Gasteiger partial charge in [0, 0.05) is 25.4 Å². The molecular weight excluding hydrogens is 398 g/mol. The number of amides is 1. The molecule has 164 valence electrons. The summed E-state index contributed by atoms with van der Waals surface area (Å²) >= 11 is 0. The maximum Gasteiger partial charge on any atom is 0.328 e. The van der Waals surface area contributed by atoms with Gasteiger partial charge in [-0.15, -0.1) is 0 Å². The third kappa shape index (κ3) is 3.81. The second kappa shape index (κ2) is 7.49. The van der Waals surface area contributed by atoms with E-state index < -0.39 is 22.9 Å². The highest BCUT2D eigenvalue weighted by molar-refractivity contribution is 5.82. The Balaban J connectivity index is 1.62. The van der Waals surface area contributed by atoms with E-state index in [-0.39, 0.29) is 19.0 Å². The number of hydrogen-bond acceptors (Lipinski definition) is 5. The maximum atomic E-state index is 13.2. The zero-order valence-electron chi connectivity index (χ0n) is 18.2. The Morgan fingerprint density at radius 3 is 2.68 bits per heavy atom. The van der Waals surface area contributed by atoms with Crippen LogP contribution < -0.4 is 11.2 Å². The van der Waals surface area contributed by atoms with Crippen LogP contribution in [0.25, 0.3) is 11.0 Å². The van der Waals surface area contributed by atoms with Crippen LogP contribution in [0.5, 0.6) is 0 Å². The average Bonchev–Trinajstić information content (AvgIpc) is 2.97. The van der Waals surface area contributed by atoms with Crippen LogP contribution in [0.4, 0.5) is 0 Å². The number of aromatic nitrogens is 4. The summed E-state index contributed by atoms with van der Waals surface area (Å²) in [4.78, 5) is 45.4. The summed E-state index contributed by atoms with van der Waals surface area (Å²) in [5, 5.41) is 10.9. The van der Waals surface area contributed by atoms with E-state index in [1.54, 1.807) is 11.8 Å². The fourth-order valence-electron chi connectivity index (χ4n) is 4.25. The summed E-state index contributed by atoms with van der Waals surface area (Å²) < 4.78 is 3.20. The molecule has 9 nitrogen and oxygen atoms in total. The number of fused-ring (bicyclic) bond motifs is 1. The van der Waals surface area contributed by atoms with Crippen LogP contribution >= 0.6 is 0 Å². The minimum absolute atomic E-state index is 0.112. The number of nitrogens with zero attached hydrogens (tertiary/aromatic N) is 4. The predicted molar refractivity (Wildman–Crippen MR) is 116 cm³/mol. The van der Waals surface area contributed by atoms with E-state index in [1.165, 1.54) is 16.8 Å². The highest BCUT2D eigenvalue weighted by Gasteiger charge is 2.40. The molecular formula is C22H27N5O4. The molecule has 1 amide bonds. The Morgan fingerprint density at radius 2 is 1.97 bits per heavy atom. The zero-order valence-corrected chi connectivity index (χ0v) is 18.2. The third-order valence-electron chi connectivity index (χ3n) is 6.39. The molecule has 0 radical (unpaired) electrons. The lowest BCUT2D eigenvalue weighted by molar-refractivity contribution is -0.138. The van der Waals surface area contributed by atoms with Crippen LogP contribution in [-0.2, 0) is 11.3 Å². The lowest BCUT2D eigenvalue weighted by atomic mass is 9.88. The van der Waals surface area contributed by atoms with E-state index in [0.717, 1.165) is 28.0 Å². The number of hydrogen-bond donors (Lipinski definition) is 2. The quantitative estimate of drug-likeness (QED) is 0.651. The second-order valence-corrected chi connectivity index (χ2v) is 8.65. The number of aliphatic hydroxyl groups is 1. The highest BCUT2D eigenvalue weighted by Crippen LogP contribution is 2.31. The zero-order chi connectivity index (χ0) is 22.5. The lowest BCUT2D eigenvalue weighted by Gasteiger charge is -2.43. The maximum absolute atomic E-state index is 13.2. The van der Waals surface area contributed by atoms with Crippen molar-refractivity contribution in [2.45, 2.75) is 52.3 Å². The molecule has 3 heterocycles. The molecule has 1 saturated heterocycles. The predicted octanol–water partition coefficient (Wildman–Crippen LogP) is 1.04. The van der Waals surface area contributed by atoms with Crippen molar-refractivity contribution in [3.05, 3.63) is 62.2 Å². The van der Waals surface area contributed by atoms with Gasteiger partial charge in [-0.25, -0.2) is 9.78 Å². The monoisotopic (exact) mass is 425 g/mol. The van der Waals surface area contributed by atoms with Gasteiger partial charge in [-0.2, -0.15) is 0 Å². The fraction of sp³-hybridized carbons (Fsp3) is 0.455. The molecule has 0 spiro atoms. The van der Waals surface area contributed by atoms with Gasteiger partial charge in [0.25, 0.3) is 5.56 Å². The largest absolute Gasteiger partial charge is 0.388 e. The van der Waals surface area contributed by atoms with Crippen molar-refractivity contribution in [1.82, 2.24) is 24.0 Å². The Morgan fingerprint density at radius 1 is 1.26 bits per heavy atom. The molecule has 31 heavy (non-hydrogen) atoms. The van der Waals surface area contributed by atoms with Crippen molar-refractivity contribution >= 4 is 16.9 Å². The van der Waals surface area contributed by atoms with Gasteiger partial charge in [-0.3, -0.25) is 19.1 Å². The van der Waals surface area contributed by atoms with Gasteiger partial charge >= 0.3 is 5.69 Å². The topological polar surface area (TPSA) is 113 Å². The first-order chi connectivity index (χ1) is 14.6. The molecule has 0 aliphatic carbocycles. The van der Waals surface area contributed by atoms with Crippen molar-refractivity contribution in [2.75, 3.05) is 13.1 Å². The first-order valence-electron chi connectivity index (χ1n) is 10.3. The molecule has 0 bridgehead atoms. The number of carbonyl (C=O) groups is 1. The standard InChI is InChI=1S/C22H27N5O4/c1-13-9-16-17(10-14(13)2)27(15(3)23-16)12-20(29)25-8-6-22(4,31)18(11-25)26-7-5-19(28)24-21(26)30/h5,7,9-10,18,31H,6,8,11-12H2,1-4H3,(H,24,28,30)/t18-,22-/m1/s1. The Hall–Kier alpha value is -3.20. The molecule has 3 aromatic rings. The molecule has 0 unspecified atom stereocenters. The van der Waals surface area contributed by atoms with Gasteiger partial charge in [0.1, 0.15) is 12.4 Å². The van der Waals surface area contributed by atoms with E-state index in [9.17, 15) is 19.5 Å². The number of carbonyl (C=O) groups excluding carboxylic acids is 1. The van der Waals surface area contributed by atoms with Gasteiger partial charge in [0.05, 0.1) is 22.7 Å². The van der Waals surface area contributed by atoms with E-state index in [0.29, 0.717) is 13.0 Å². The average molecular weight is 425 g/mol. The summed E-state index contributed by atoms with van der Waals surface area (Å²) in [6.07, 6.45) is 1.68. The van der Waals surface area contributed by atoms with Crippen LogP contribution in [0.3, 0.4) is 0 Å². The minimum Gasteiger partial charge on any atom is -0.388 e. The number of imidazole rings is 1. The van der Waals surface area contributed by atoms with Gasteiger partial charge in [0.2, 0.25) is 5.91 Å². The number of H-pyrrole nitrogens is 1. The Bertz CT molecular complexity index is 1280. The molecule has 2 aromatic heterocycles. The molecule has 1 aromatic carbocycles. The number of aromatic amines is 1. The molecule has 4 rings (SSSR count).